The standard InChI is InChI=1S/C26H25N3O5/c1-16(30)27-22(14-17-6-9-19(31)10-7-17)26(34)28-18-8-11-21-20-4-2-3-5-23(20)29(24(21)15-18)13-12-25(32)33/h2-11,15,22,31H,12-14H2,1H3,(H,27,30)(H,28,34)(H,32,33). The second-order valence-corrected chi connectivity index (χ2v) is 8.16. The number of anilines is 1. The summed E-state index contributed by atoms with van der Waals surface area (Å²) in [5.41, 5.74) is 3.06. The molecule has 8 heteroatoms. The van der Waals surface area contributed by atoms with Crippen molar-refractivity contribution in [1.82, 2.24) is 9.88 Å². The van der Waals surface area contributed by atoms with Gasteiger partial charge in [-0.05, 0) is 35.9 Å². The van der Waals surface area contributed by atoms with Gasteiger partial charge in [0.2, 0.25) is 11.8 Å². The minimum Gasteiger partial charge on any atom is -0.508 e. The summed E-state index contributed by atoms with van der Waals surface area (Å²) in [7, 11) is 0. The molecule has 1 atom stereocenters. The molecular weight excluding hydrogens is 434 g/mol. The minimum atomic E-state index is -0.886. The lowest BCUT2D eigenvalue weighted by Crippen LogP contribution is -2.44. The summed E-state index contributed by atoms with van der Waals surface area (Å²) in [4.78, 5) is 36.0. The summed E-state index contributed by atoms with van der Waals surface area (Å²) in [5, 5.41) is 26.2. The molecule has 1 aromatic heterocycles. The van der Waals surface area contributed by atoms with E-state index < -0.39 is 12.0 Å². The lowest BCUT2D eigenvalue weighted by Gasteiger charge is -2.18. The van der Waals surface area contributed by atoms with Crippen LogP contribution >= 0.6 is 0 Å². The van der Waals surface area contributed by atoms with Crippen molar-refractivity contribution in [3.63, 3.8) is 0 Å². The highest BCUT2D eigenvalue weighted by Crippen LogP contribution is 2.31. The summed E-state index contributed by atoms with van der Waals surface area (Å²) in [6.07, 6.45) is 0.231. The van der Waals surface area contributed by atoms with E-state index in [9.17, 15) is 24.6 Å². The SMILES string of the molecule is CC(=O)NC(Cc1ccc(O)cc1)C(=O)Nc1ccc2c3ccccc3n(CCC(=O)O)c2c1. The summed E-state index contributed by atoms with van der Waals surface area (Å²) in [6.45, 7) is 1.65. The zero-order valence-corrected chi connectivity index (χ0v) is 18.6. The van der Waals surface area contributed by atoms with Crippen LogP contribution in [0.2, 0.25) is 0 Å². The van der Waals surface area contributed by atoms with Crippen LogP contribution in [0.15, 0.2) is 66.7 Å². The molecule has 0 spiro atoms. The van der Waals surface area contributed by atoms with Crippen molar-refractivity contribution in [2.24, 2.45) is 0 Å². The van der Waals surface area contributed by atoms with Crippen molar-refractivity contribution in [2.75, 3.05) is 5.32 Å². The number of aliphatic carboxylic acids is 1. The minimum absolute atomic E-state index is 0.0262. The average Bonchev–Trinajstić information content (AvgIpc) is 3.11. The highest BCUT2D eigenvalue weighted by atomic mass is 16.4. The van der Waals surface area contributed by atoms with E-state index in [2.05, 4.69) is 10.6 Å². The number of aromatic hydroxyl groups is 1. The third-order valence-electron chi connectivity index (χ3n) is 5.66. The van der Waals surface area contributed by atoms with Gasteiger partial charge in [-0.15, -0.1) is 0 Å². The zero-order valence-electron chi connectivity index (χ0n) is 18.6. The molecule has 0 aliphatic heterocycles. The Balaban J connectivity index is 1.64. The van der Waals surface area contributed by atoms with Crippen molar-refractivity contribution in [1.29, 1.82) is 0 Å². The first kappa shape index (κ1) is 22.8. The molecule has 4 aromatic rings. The van der Waals surface area contributed by atoms with Crippen LogP contribution in [0.4, 0.5) is 5.69 Å². The second kappa shape index (κ2) is 9.66. The first-order chi connectivity index (χ1) is 16.3. The number of benzene rings is 3. The number of nitrogens with zero attached hydrogens (tertiary/aromatic N) is 1. The number of aromatic nitrogens is 1. The number of phenols is 1. The van der Waals surface area contributed by atoms with E-state index in [1.165, 1.54) is 19.1 Å². The van der Waals surface area contributed by atoms with Crippen molar-refractivity contribution in [3.8, 4) is 5.75 Å². The Morgan fingerprint density at radius 2 is 1.65 bits per heavy atom. The molecule has 0 radical (unpaired) electrons. The fourth-order valence-corrected chi connectivity index (χ4v) is 4.13. The lowest BCUT2D eigenvalue weighted by molar-refractivity contribution is -0.137. The van der Waals surface area contributed by atoms with Crippen molar-refractivity contribution in [3.05, 3.63) is 72.3 Å². The van der Waals surface area contributed by atoms with Gasteiger partial charge in [-0.25, -0.2) is 0 Å². The van der Waals surface area contributed by atoms with E-state index in [0.29, 0.717) is 12.2 Å². The van der Waals surface area contributed by atoms with Gasteiger partial charge in [0.15, 0.2) is 0 Å². The molecule has 8 nitrogen and oxygen atoms in total. The van der Waals surface area contributed by atoms with Gasteiger partial charge in [0.25, 0.3) is 0 Å². The number of aryl methyl sites for hydroxylation is 1. The van der Waals surface area contributed by atoms with Crippen molar-refractivity contribution >= 4 is 45.3 Å². The number of phenolic OH excluding ortho intramolecular Hbond substituents is 1. The smallest absolute Gasteiger partial charge is 0.305 e. The Hall–Kier alpha value is -4.33. The third kappa shape index (κ3) is 5.01. The van der Waals surface area contributed by atoms with Crippen LogP contribution in [0, 0.1) is 0 Å². The van der Waals surface area contributed by atoms with E-state index in [1.807, 2.05) is 41.0 Å². The number of para-hydroxylation sites is 1. The van der Waals surface area contributed by atoms with Crippen LogP contribution in [-0.4, -0.2) is 38.6 Å². The Kier molecular flexibility index (Phi) is 6.49. The highest BCUT2D eigenvalue weighted by Gasteiger charge is 2.21. The molecule has 4 N–H and O–H groups in total. The predicted octanol–water partition coefficient (Wildman–Crippen LogP) is 3.66. The van der Waals surface area contributed by atoms with E-state index in [-0.39, 0.29) is 30.4 Å². The molecule has 0 saturated heterocycles. The molecule has 1 unspecified atom stereocenters. The van der Waals surface area contributed by atoms with Gasteiger partial charge in [0.1, 0.15) is 11.8 Å². The monoisotopic (exact) mass is 459 g/mol. The molecule has 0 fully saturated rings. The number of hydrogen-bond acceptors (Lipinski definition) is 4. The normalized spacial score (nSPS) is 11.9. The van der Waals surface area contributed by atoms with E-state index in [4.69, 9.17) is 0 Å². The number of hydrogen-bond donors (Lipinski definition) is 4. The van der Waals surface area contributed by atoms with Gasteiger partial charge >= 0.3 is 5.97 Å². The fraction of sp³-hybridized carbons (Fsp3) is 0.192. The van der Waals surface area contributed by atoms with Gasteiger partial charge in [-0.3, -0.25) is 14.4 Å². The van der Waals surface area contributed by atoms with Crippen LogP contribution in [0.5, 0.6) is 5.75 Å². The molecule has 4 rings (SSSR count). The molecule has 34 heavy (non-hydrogen) atoms. The summed E-state index contributed by atoms with van der Waals surface area (Å²) in [6, 6.07) is 18.9. The van der Waals surface area contributed by atoms with E-state index >= 15 is 0 Å². The Morgan fingerprint density at radius 3 is 2.35 bits per heavy atom. The molecule has 1 heterocycles. The number of rotatable bonds is 8. The van der Waals surface area contributed by atoms with Gasteiger partial charge in [0.05, 0.1) is 11.9 Å². The number of carbonyl (C=O) groups excluding carboxylic acids is 2. The topological polar surface area (TPSA) is 121 Å². The van der Waals surface area contributed by atoms with E-state index in [1.54, 1.807) is 18.2 Å². The molecule has 0 aliphatic rings. The van der Waals surface area contributed by atoms with Gasteiger partial charge < -0.3 is 25.4 Å². The quantitative estimate of drug-likeness (QED) is 0.320. The predicted molar refractivity (Wildman–Crippen MR) is 130 cm³/mol. The summed E-state index contributed by atoms with van der Waals surface area (Å²) >= 11 is 0. The summed E-state index contributed by atoms with van der Waals surface area (Å²) in [5.74, 6) is -1.47. The largest absolute Gasteiger partial charge is 0.508 e. The highest BCUT2D eigenvalue weighted by molar-refractivity contribution is 6.09. The zero-order chi connectivity index (χ0) is 24.2. The molecule has 2 amide bonds. The summed E-state index contributed by atoms with van der Waals surface area (Å²) < 4.78 is 1.94. The van der Waals surface area contributed by atoms with Crippen LogP contribution in [-0.2, 0) is 27.3 Å². The Labute approximate surface area is 195 Å². The van der Waals surface area contributed by atoms with Crippen molar-refractivity contribution in [2.45, 2.75) is 32.4 Å². The van der Waals surface area contributed by atoms with Crippen LogP contribution < -0.4 is 10.6 Å². The Bertz CT molecular complexity index is 1370. The first-order valence-electron chi connectivity index (χ1n) is 10.9. The number of fused-ring (bicyclic) bond motifs is 3. The fourth-order valence-electron chi connectivity index (χ4n) is 4.13. The van der Waals surface area contributed by atoms with Gasteiger partial charge in [-0.2, -0.15) is 0 Å². The lowest BCUT2D eigenvalue weighted by atomic mass is 10.0. The number of amides is 2. The molecule has 3 aromatic carbocycles. The Morgan fingerprint density at radius 1 is 0.941 bits per heavy atom. The number of carboxylic acids is 1. The van der Waals surface area contributed by atoms with Crippen LogP contribution in [0.25, 0.3) is 21.8 Å². The molecule has 0 saturated carbocycles. The van der Waals surface area contributed by atoms with Gasteiger partial charge in [0, 0.05) is 41.9 Å². The van der Waals surface area contributed by atoms with Crippen LogP contribution in [0.1, 0.15) is 18.9 Å². The maximum absolute atomic E-state index is 13.1. The molecule has 0 aliphatic carbocycles. The molecular formula is C26H25N3O5. The first-order valence-corrected chi connectivity index (χ1v) is 10.9. The third-order valence-corrected chi connectivity index (χ3v) is 5.66. The number of carbonyl (C=O) groups is 3. The van der Waals surface area contributed by atoms with Crippen molar-refractivity contribution < 1.29 is 24.6 Å². The number of nitrogens with one attached hydrogen (secondary N) is 2. The van der Waals surface area contributed by atoms with E-state index in [0.717, 1.165) is 27.4 Å². The molecule has 0 bridgehead atoms. The maximum Gasteiger partial charge on any atom is 0.305 e. The number of carboxylic acid groups (broad SMARTS) is 1. The second-order valence-electron chi connectivity index (χ2n) is 8.16. The maximum atomic E-state index is 13.1. The van der Waals surface area contributed by atoms with Crippen LogP contribution in [0.3, 0.4) is 0 Å². The van der Waals surface area contributed by atoms with Gasteiger partial charge in [-0.1, -0.05) is 36.4 Å². The molecule has 174 valence electrons. The average molecular weight is 460 g/mol.